The molecule has 4 heteroatoms. The molecule has 1 unspecified atom stereocenters. The van der Waals surface area contributed by atoms with E-state index in [1.807, 2.05) is 0 Å². The van der Waals surface area contributed by atoms with Gasteiger partial charge in [0.1, 0.15) is 0 Å². The molecule has 0 radical (unpaired) electrons. The first kappa shape index (κ1) is 13.5. The predicted molar refractivity (Wildman–Crippen MR) is 64.2 cm³/mol. The molecule has 1 aliphatic carbocycles. The molecular formula is C12H24N2O2. The number of rotatable bonds is 7. The first-order valence-electron chi connectivity index (χ1n) is 6.36. The van der Waals surface area contributed by atoms with Crippen LogP contribution in [0.25, 0.3) is 0 Å². The number of carbonyl (C=O) groups excluding carboxylic acids is 1. The van der Waals surface area contributed by atoms with E-state index in [4.69, 9.17) is 5.11 Å². The molecule has 0 bridgehead atoms. The number of amides is 1. The van der Waals surface area contributed by atoms with Gasteiger partial charge < -0.3 is 15.7 Å². The zero-order valence-corrected chi connectivity index (χ0v) is 10.2. The third-order valence-corrected chi connectivity index (χ3v) is 2.98. The van der Waals surface area contributed by atoms with E-state index in [1.54, 1.807) is 6.92 Å². The van der Waals surface area contributed by atoms with Crippen LogP contribution in [-0.2, 0) is 4.79 Å². The SMILES string of the molecule is CC(O)CCCNCC(=O)NC1CCCC1. The number of aliphatic hydroxyl groups is 1. The second-order valence-electron chi connectivity index (χ2n) is 4.72. The number of aliphatic hydroxyl groups excluding tert-OH is 1. The minimum Gasteiger partial charge on any atom is -0.393 e. The molecule has 1 saturated carbocycles. The van der Waals surface area contributed by atoms with E-state index in [9.17, 15) is 4.79 Å². The second kappa shape index (κ2) is 7.63. The predicted octanol–water partition coefficient (Wildman–Crippen LogP) is 0.796. The third-order valence-electron chi connectivity index (χ3n) is 2.98. The molecule has 4 nitrogen and oxygen atoms in total. The highest BCUT2D eigenvalue weighted by molar-refractivity contribution is 5.78. The van der Waals surface area contributed by atoms with Crippen molar-refractivity contribution in [2.24, 2.45) is 0 Å². The maximum atomic E-state index is 11.5. The molecule has 94 valence electrons. The lowest BCUT2D eigenvalue weighted by atomic mass is 10.2. The molecule has 0 spiro atoms. The van der Waals surface area contributed by atoms with Crippen LogP contribution in [0.15, 0.2) is 0 Å². The Hall–Kier alpha value is -0.610. The van der Waals surface area contributed by atoms with Gasteiger partial charge in [0.25, 0.3) is 0 Å². The average Bonchev–Trinajstić information content (AvgIpc) is 2.69. The van der Waals surface area contributed by atoms with Crippen molar-refractivity contribution in [3.63, 3.8) is 0 Å². The Kier molecular flexibility index (Phi) is 6.42. The Morgan fingerprint density at radius 1 is 1.44 bits per heavy atom. The Labute approximate surface area is 97.8 Å². The summed E-state index contributed by atoms with van der Waals surface area (Å²) in [5.74, 6) is 0.101. The van der Waals surface area contributed by atoms with E-state index < -0.39 is 0 Å². The first-order valence-corrected chi connectivity index (χ1v) is 6.36. The van der Waals surface area contributed by atoms with Gasteiger partial charge in [0.05, 0.1) is 12.6 Å². The summed E-state index contributed by atoms with van der Waals surface area (Å²) in [6, 6.07) is 0.409. The fourth-order valence-corrected chi connectivity index (χ4v) is 2.07. The topological polar surface area (TPSA) is 61.4 Å². The number of hydrogen-bond donors (Lipinski definition) is 3. The van der Waals surface area contributed by atoms with Crippen LogP contribution in [0.5, 0.6) is 0 Å². The van der Waals surface area contributed by atoms with Crippen molar-refractivity contribution in [1.29, 1.82) is 0 Å². The van der Waals surface area contributed by atoms with Crippen molar-refractivity contribution in [2.45, 2.75) is 57.6 Å². The molecule has 0 heterocycles. The molecule has 0 aromatic rings. The van der Waals surface area contributed by atoms with E-state index in [2.05, 4.69) is 10.6 Å². The smallest absolute Gasteiger partial charge is 0.234 e. The molecule has 0 aromatic carbocycles. The van der Waals surface area contributed by atoms with Crippen LogP contribution in [0.2, 0.25) is 0 Å². The van der Waals surface area contributed by atoms with Crippen molar-refractivity contribution in [2.75, 3.05) is 13.1 Å². The summed E-state index contributed by atoms with van der Waals surface area (Å²) in [4.78, 5) is 11.5. The van der Waals surface area contributed by atoms with E-state index in [-0.39, 0.29) is 12.0 Å². The van der Waals surface area contributed by atoms with Gasteiger partial charge >= 0.3 is 0 Å². The van der Waals surface area contributed by atoms with Crippen LogP contribution in [0.4, 0.5) is 0 Å². The molecule has 0 aromatic heterocycles. The highest BCUT2D eigenvalue weighted by Gasteiger charge is 2.16. The Bertz CT molecular complexity index is 201. The largest absolute Gasteiger partial charge is 0.393 e. The van der Waals surface area contributed by atoms with Crippen LogP contribution in [0.1, 0.15) is 45.4 Å². The lowest BCUT2D eigenvalue weighted by Crippen LogP contribution is -2.39. The minimum atomic E-state index is -0.242. The number of carbonyl (C=O) groups is 1. The normalized spacial score (nSPS) is 18.6. The average molecular weight is 228 g/mol. The van der Waals surface area contributed by atoms with Gasteiger partial charge in [-0.15, -0.1) is 0 Å². The third kappa shape index (κ3) is 6.08. The summed E-state index contributed by atoms with van der Waals surface area (Å²) in [5.41, 5.74) is 0. The van der Waals surface area contributed by atoms with Gasteiger partial charge in [-0.3, -0.25) is 4.79 Å². The summed E-state index contributed by atoms with van der Waals surface area (Å²) in [5, 5.41) is 15.2. The van der Waals surface area contributed by atoms with Crippen LogP contribution in [-0.4, -0.2) is 36.2 Å². The maximum absolute atomic E-state index is 11.5. The van der Waals surface area contributed by atoms with E-state index in [0.717, 1.165) is 32.2 Å². The Morgan fingerprint density at radius 2 is 2.12 bits per heavy atom. The molecule has 0 saturated heterocycles. The molecule has 1 amide bonds. The van der Waals surface area contributed by atoms with Crippen molar-refractivity contribution >= 4 is 5.91 Å². The molecule has 0 aliphatic heterocycles. The number of nitrogens with one attached hydrogen (secondary N) is 2. The Balaban J connectivity index is 1.93. The monoisotopic (exact) mass is 228 g/mol. The summed E-state index contributed by atoms with van der Waals surface area (Å²) in [6.07, 6.45) is 6.21. The van der Waals surface area contributed by atoms with Gasteiger partial charge in [0.2, 0.25) is 5.91 Å². The van der Waals surface area contributed by atoms with Crippen molar-refractivity contribution in [3.05, 3.63) is 0 Å². The van der Waals surface area contributed by atoms with Crippen LogP contribution in [0, 0.1) is 0 Å². The lowest BCUT2D eigenvalue weighted by molar-refractivity contribution is -0.120. The van der Waals surface area contributed by atoms with Crippen molar-refractivity contribution in [3.8, 4) is 0 Å². The standard InChI is InChI=1S/C12H24N2O2/c1-10(15)5-4-8-13-9-12(16)14-11-6-2-3-7-11/h10-11,13,15H,2-9H2,1H3,(H,14,16). The lowest BCUT2D eigenvalue weighted by Gasteiger charge is -2.12. The van der Waals surface area contributed by atoms with Crippen LogP contribution in [0.3, 0.4) is 0 Å². The van der Waals surface area contributed by atoms with Gasteiger partial charge in [-0.25, -0.2) is 0 Å². The van der Waals surface area contributed by atoms with E-state index in [0.29, 0.717) is 12.6 Å². The van der Waals surface area contributed by atoms with E-state index in [1.165, 1.54) is 12.8 Å². The molecule has 1 rings (SSSR count). The summed E-state index contributed by atoms with van der Waals surface area (Å²) in [7, 11) is 0. The molecule has 1 fully saturated rings. The first-order chi connectivity index (χ1) is 7.68. The van der Waals surface area contributed by atoms with E-state index >= 15 is 0 Å². The maximum Gasteiger partial charge on any atom is 0.234 e. The fraction of sp³-hybridized carbons (Fsp3) is 0.917. The molecule has 3 N–H and O–H groups in total. The van der Waals surface area contributed by atoms with Gasteiger partial charge in [0.15, 0.2) is 0 Å². The fourth-order valence-electron chi connectivity index (χ4n) is 2.07. The summed E-state index contributed by atoms with van der Waals surface area (Å²) >= 11 is 0. The minimum absolute atomic E-state index is 0.101. The summed E-state index contributed by atoms with van der Waals surface area (Å²) < 4.78 is 0. The van der Waals surface area contributed by atoms with Gasteiger partial charge in [-0.05, 0) is 39.2 Å². The zero-order valence-electron chi connectivity index (χ0n) is 10.2. The number of hydrogen-bond acceptors (Lipinski definition) is 3. The second-order valence-corrected chi connectivity index (χ2v) is 4.72. The Morgan fingerprint density at radius 3 is 2.75 bits per heavy atom. The zero-order chi connectivity index (χ0) is 11.8. The molecule has 1 aliphatic rings. The van der Waals surface area contributed by atoms with Crippen LogP contribution < -0.4 is 10.6 Å². The highest BCUT2D eigenvalue weighted by Crippen LogP contribution is 2.17. The molecular weight excluding hydrogens is 204 g/mol. The summed E-state index contributed by atoms with van der Waals surface area (Å²) in [6.45, 7) is 2.98. The van der Waals surface area contributed by atoms with Crippen molar-refractivity contribution < 1.29 is 9.90 Å². The van der Waals surface area contributed by atoms with Gasteiger partial charge in [-0.1, -0.05) is 12.8 Å². The van der Waals surface area contributed by atoms with Gasteiger partial charge in [0, 0.05) is 6.04 Å². The molecule has 1 atom stereocenters. The van der Waals surface area contributed by atoms with Crippen molar-refractivity contribution in [1.82, 2.24) is 10.6 Å². The van der Waals surface area contributed by atoms with Gasteiger partial charge in [-0.2, -0.15) is 0 Å². The quantitative estimate of drug-likeness (QED) is 0.565. The highest BCUT2D eigenvalue weighted by atomic mass is 16.3. The van der Waals surface area contributed by atoms with Crippen LogP contribution >= 0.6 is 0 Å². The molecule has 16 heavy (non-hydrogen) atoms.